The van der Waals surface area contributed by atoms with Crippen LogP contribution in [0, 0.1) is 6.92 Å². The number of aryl methyl sites for hydroxylation is 1. The van der Waals surface area contributed by atoms with Crippen LogP contribution in [-0.4, -0.2) is 25.2 Å². The maximum absolute atomic E-state index is 11.8. The molecule has 1 aliphatic rings. The molecule has 3 heteroatoms. The van der Waals surface area contributed by atoms with E-state index in [-0.39, 0.29) is 5.91 Å². The van der Waals surface area contributed by atoms with Crippen molar-refractivity contribution in [2.45, 2.75) is 32.3 Å². The van der Waals surface area contributed by atoms with Gasteiger partial charge >= 0.3 is 0 Å². The van der Waals surface area contributed by atoms with Gasteiger partial charge in [0.15, 0.2) is 0 Å². The summed E-state index contributed by atoms with van der Waals surface area (Å²) >= 11 is 0. The van der Waals surface area contributed by atoms with Gasteiger partial charge in [-0.25, -0.2) is 0 Å². The van der Waals surface area contributed by atoms with Gasteiger partial charge in [0.05, 0.1) is 6.10 Å². The Hall–Kier alpha value is -1.35. The number of nitrogens with one attached hydrogen (secondary N) is 1. The minimum atomic E-state index is 0.00620. The van der Waals surface area contributed by atoms with Crippen molar-refractivity contribution in [1.29, 1.82) is 0 Å². The molecule has 1 amide bonds. The van der Waals surface area contributed by atoms with Gasteiger partial charge in [0.25, 0.3) is 5.91 Å². The number of rotatable bonds is 4. The Morgan fingerprint density at radius 3 is 3.12 bits per heavy atom. The van der Waals surface area contributed by atoms with E-state index in [0.717, 1.165) is 37.0 Å². The van der Waals surface area contributed by atoms with Crippen molar-refractivity contribution in [1.82, 2.24) is 5.32 Å². The van der Waals surface area contributed by atoms with Gasteiger partial charge < -0.3 is 10.1 Å². The van der Waals surface area contributed by atoms with E-state index < -0.39 is 0 Å². The topological polar surface area (TPSA) is 38.3 Å². The summed E-state index contributed by atoms with van der Waals surface area (Å²) in [6.07, 6.45) is 3.53. The second-order valence-electron chi connectivity index (χ2n) is 4.55. The third-order valence-electron chi connectivity index (χ3n) is 3.06. The summed E-state index contributed by atoms with van der Waals surface area (Å²) in [6, 6.07) is 7.64. The Bertz CT molecular complexity index is 384. The molecule has 0 bridgehead atoms. The van der Waals surface area contributed by atoms with E-state index in [4.69, 9.17) is 4.74 Å². The van der Waals surface area contributed by atoms with Crippen molar-refractivity contribution >= 4 is 5.91 Å². The minimum absolute atomic E-state index is 0.00620. The van der Waals surface area contributed by atoms with Crippen LogP contribution in [0.25, 0.3) is 0 Å². The Morgan fingerprint density at radius 1 is 1.53 bits per heavy atom. The van der Waals surface area contributed by atoms with Gasteiger partial charge in [0.2, 0.25) is 0 Å². The summed E-state index contributed by atoms with van der Waals surface area (Å²) in [5.41, 5.74) is 1.84. The predicted molar refractivity (Wildman–Crippen MR) is 67.1 cm³/mol. The molecule has 1 saturated heterocycles. The molecule has 0 spiro atoms. The number of carbonyl (C=O) groups excluding carboxylic acids is 1. The van der Waals surface area contributed by atoms with Gasteiger partial charge in [-0.05, 0) is 38.3 Å². The van der Waals surface area contributed by atoms with Crippen LogP contribution >= 0.6 is 0 Å². The fourth-order valence-corrected chi connectivity index (χ4v) is 2.11. The molecule has 1 atom stereocenters. The van der Waals surface area contributed by atoms with Crippen molar-refractivity contribution in [2.24, 2.45) is 0 Å². The van der Waals surface area contributed by atoms with Crippen molar-refractivity contribution in [2.75, 3.05) is 13.2 Å². The average Bonchev–Trinajstić information content (AvgIpc) is 2.82. The maximum Gasteiger partial charge on any atom is 0.251 e. The number of amides is 1. The average molecular weight is 233 g/mol. The predicted octanol–water partition coefficient (Wildman–Crippen LogP) is 2.29. The molecule has 1 heterocycles. The summed E-state index contributed by atoms with van der Waals surface area (Å²) in [5.74, 6) is 0.00620. The molecule has 0 aromatic heterocycles. The molecule has 1 aromatic carbocycles. The maximum atomic E-state index is 11.8. The number of ether oxygens (including phenoxy) is 1. The van der Waals surface area contributed by atoms with Gasteiger partial charge in [-0.2, -0.15) is 0 Å². The highest BCUT2D eigenvalue weighted by Crippen LogP contribution is 2.14. The Balaban J connectivity index is 1.77. The largest absolute Gasteiger partial charge is 0.378 e. The minimum Gasteiger partial charge on any atom is -0.378 e. The van der Waals surface area contributed by atoms with Crippen molar-refractivity contribution in [3.8, 4) is 0 Å². The summed E-state index contributed by atoms with van der Waals surface area (Å²) in [4.78, 5) is 11.8. The molecule has 92 valence electrons. The van der Waals surface area contributed by atoms with Crippen molar-refractivity contribution < 1.29 is 9.53 Å². The molecule has 17 heavy (non-hydrogen) atoms. The summed E-state index contributed by atoms with van der Waals surface area (Å²) < 4.78 is 5.51. The Kier molecular flexibility index (Phi) is 4.15. The lowest BCUT2D eigenvalue weighted by Gasteiger charge is -2.10. The molecule has 1 unspecified atom stereocenters. The fraction of sp³-hybridized carbons (Fsp3) is 0.500. The molecule has 1 N–H and O–H groups in total. The zero-order valence-corrected chi connectivity index (χ0v) is 10.2. The second-order valence-corrected chi connectivity index (χ2v) is 4.55. The molecule has 1 aromatic rings. The fourth-order valence-electron chi connectivity index (χ4n) is 2.11. The molecular weight excluding hydrogens is 214 g/mol. The number of carbonyl (C=O) groups is 1. The summed E-state index contributed by atoms with van der Waals surface area (Å²) in [7, 11) is 0. The molecule has 0 radical (unpaired) electrons. The molecular formula is C14H19NO2. The Morgan fingerprint density at radius 2 is 2.41 bits per heavy atom. The first-order chi connectivity index (χ1) is 8.25. The highest BCUT2D eigenvalue weighted by molar-refractivity contribution is 5.94. The van der Waals surface area contributed by atoms with E-state index in [1.54, 1.807) is 0 Å². The van der Waals surface area contributed by atoms with Crippen LogP contribution in [-0.2, 0) is 4.74 Å². The van der Waals surface area contributed by atoms with Gasteiger partial charge in [-0.3, -0.25) is 4.79 Å². The van der Waals surface area contributed by atoms with E-state index in [1.807, 2.05) is 31.2 Å². The van der Waals surface area contributed by atoms with E-state index in [1.165, 1.54) is 0 Å². The standard InChI is InChI=1S/C14H19NO2/c1-11-4-2-5-12(10-11)14(16)15-8-7-13-6-3-9-17-13/h2,4-5,10,13H,3,6-9H2,1H3,(H,15,16). The number of hydrogen-bond acceptors (Lipinski definition) is 2. The molecule has 3 nitrogen and oxygen atoms in total. The quantitative estimate of drug-likeness (QED) is 0.866. The van der Waals surface area contributed by atoms with Crippen molar-refractivity contribution in [3.63, 3.8) is 0 Å². The molecule has 0 saturated carbocycles. The molecule has 1 fully saturated rings. The van der Waals surface area contributed by atoms with E-state index in [9.17, 15) is 4.79 Å². The van der Waals surface area contributed by atoms with Gasteiger partial charge in [-0.15, -0.1) is 0 Å². The zero-order valence-electron chi connectivity index (χ0n) is 10.2. The number of benzene rings is 1. The Labute approximate surface area is 102 Å². The van der Waals surface area contributed by atoms with E-state index >= 15 is 0 Å². The molecule has 0 aliphatic carbocycles. The van der Waals surface area contributed by atoms with Crippen LogP contribution in [0.15, 0.2) is 24.3 Å². The highest BCUT2D eigenvalue weighted by atomic mass is 16.5. The first-order valence-corrected chi connectivity index (χ1v) is 6.22. The highest BCUT2D eigenvalue weighted by Gasteiger charge is 2.15. The van der Waals surface area contributed by atoms with Crippen LogP contribution in [0.5, 0.6) is 0 Å². The van der Waals surface area contributed by atoms with Gasteiger partial charge in [-0.1, -0.05) is 17.7 Å². The number of hydrogen-bond donors (Lipinski definition) is 1. The van der Waals surface area contributed by atoms with Crippen LogP contribution in [0.1, 0.15) is 35.2 Å². The SMILES string of the molecule is Cc1cccc(C(=O)NCCC2CCCO2)c1. The van der Waals surface area contributed by atoms with Gasteiger partial charge in [0.1, 0.15) is 0 Å². The lowest BCUT2D eigenvalue weighted by molar-refractivity contribution is 0.0907. The second kappa shape index (κ2) is 5.82. The third-order valence-corrected chi connectivity index (χ3v) is 3.06. The van der Waals surface area contributed by atoms with Crippen molar-refractivity contribution in [3.05, 3.63) is 35.4 Å². The summed E-state index contributed by atoms with van der Waals surface area (Å²) in [6.45, 7) is 3.55. The normalized spacial score (nSPS) is 19.2. The van der Waals surface area contributed by atoms with Crippen LogP contribution in [0.2, 0.25) is 0 Å². The van der Waals surface area contributed by atoms with Crippen LogP contribution in [0.4, 0.5) is 0 Å². The first kappa shape index (κ1) is 12.1. The van der Waals surface area contributed by atoms with Gasteiger partial charge in [0, 0.05) is 18.7 Å². The monoisotopic (exact) mass is 233 g/mol. The lowest BCUT2D eigenvalue weighted by atomic mass is 10.1. The third kappa shape index (κ3) is 3.56. The molecule has 2 rings (SSSR count). The lowest BCUT2D eigenvalue weighted by Crippen LogP contribution is -2.27. The first-order valence-electron chi connectivity index (χ1n) is 6.22. The summed E-state index contributed by atoms with van der Waals surface area (Å²) in [5, 5.41) is 2.93. The molecule has 1 aliphatic heterocycles. The smallest absolute Gasteiger partial charge is 0.251 e. The zero-order chi connectivity index (χ0) is 12.1. The van der Waals surface area contributed by atoms with Crippen LogP contribution in [0.3, 0.4) is 0 Å². The van der Waals surface area contributed by atoms with E-state index in [0.29, 0.717) is 12.6 Å². The van der Waals surface area contributed by atoms with Crippen LogP contribution < -0.4 is 5.32 Å². The van der Waals surface area contributed by atoms with E-state index in [2.05, 4.69) is 5.32 Å².